The largest absolute Gasteiger partial charge is 0.485 e. The van der Waals surface area contributed by atoms with E-state index in [1.807, 2.05) is 60.0 Å². The van der Waals surface area contributed by atoms with Crippen LogP contribution in [-0.4, -0.2) is 38.2 Å². The van der Waals surface area contributed by atoms with Crippen LogP contribution >= 0.6 is 11.8 Å². The highest BCUT2D eigenvalue weighted by atomic mass is 32.2. The number of allylic oxidation sites excluding steroid dienone is 1. The average Bonchev–Trinajstić information content (AvgIpc) is 3.50. The number of carbonyl (C=O) groups is 1. The zero-order chi connectivity index (χ0) is 24.2. The third kappa shape index (κ3) is 5.07. The van der Waals surface area contributed by atoms with Gasteiger partial charge in [-0.1, -0.05) is 65.0 Å². The topological polar surface area (TPSA) is 104 Å². The Balaban J connectivity index is 1.23. The highest BCUT2D eigenvalue weighted by Crippen LogP contribution is 2.36. The van der Waals surface area contributed by atoms with Crippen molar-refractivity contribution in [1.29, 1.82) is 0 Å². The first-order valence-electron chi connectivity index (χ1n) is 11.0. The fraction of sp³-hybridized carbons (Fsp3) is 0.200. The van der Waals surface area contributed by atoms with E-state index in [0.717, 1.165) is 11.1 Å². The second-order valence-corrected chi connectivity index (χ2v) is 8.83. The zero-order valence-corrected chi connectivity index (χ0v) is 19.8. The number of aryl methyl sites for hydroxylation is 1. The van der Waals surface area contributed by atoms with Crippen LogP contribution in [0, 0.1) is 6.92 Å². The van der Waals surface area contributed by atoms with Crippen LogP contribution in [0.3, 0.4) is 0 Å². The lowest BCUT2D eigenvalue weighted by molar-refractivity contribution is -0.113. The molecular formula is C25H23N5O4S. The first kappa shape index (κ1) is 22.7. The number of benzene rings is 2. The zero-order valence-electron chi connectivity index (χ0n) is 19.0. The number of aromatic nitrogens is 4. The third-order valence-corrected chi connectivity index (χ3v) is 6.27. The maximum Gasteiger partial charge on any atom is 0.237 e. The maximum atomic E-state index is 12.5. The summed E-state index contributed by atoms with van der Waals surface area (Å²) >= 11 is 1.26. The molecule has 178 valence electrons. The molecule has 0 fully saturated rings. The molecule has 0 saturated heterocycles. The van der Waals surface area contributed by atoms with Crippen molar-refractivity contribution >= 4 is 23.6 Å². The van der Waals surface area contributed by atoms with Gasteiger partial charge in [0.05, 0.1) is 5.75 Å². The molecule has 1 atom stereocenters. The fourth-order valence-corrected chi connectivity index (χ4v) is 4.35. The number of rotatable bonds is 8. The summed E-state index contributed by atoms with van der Waals surface area (Å²) in [4.78, 5) is 12.5. The van der Waals surface area contributed by atoms with Crippen molar-refractivity contribution in [2.75, 3.05) is 17.7 Å². The number of thioether (sulfide) groups is 1. The Morgan fingerprint density at radius 2 is 2.00 bits per heavy atom. The smallest absolute Gasteiger partial charge is 0.237 e. The molecule has 1 unspecified atom stereocenters. The number of hydrogen-bond acceptors (Lipinski definition) is 8. The molecule has 1 N–H and O–H groups in total. The van der Waals surface area contributed by atoms with Gasteiger partial charge < -0.3 is 14.0 Å². The first-order chi connectivity index (χ1) is 17.1. The van der Waals surface area contributed by atoms with E-state index in [9.17, 15) is 4.79 Å². The Morgan fingerprint density at radius 1 is 1.20 bits per heavy atom. The van der Waals surface area contributed by atoms with Gasteiger partial charge >= 0.3 is 0 Å². The lowest BCUT2D eigenvalue weighted by Crippen LogP contribution is -2.25. The summed E-state index contributed by atoms with van der Waals surface area (Å²) in [5, 5.41) is 15.9. The molecule has 1 amide bonds. The van der Waals surface area contributed by atoms with Gasteiger partial charge in [0, 0.05) is 18.2 Å². The van der Waals surface area contributed by atoms with Crippen LogP contribution in [-0.2, 0) is 11.3 Å². The number of nitrogens with zero attached hydrogens (tertiary/aromatic N) is 4. The van der Waals surface area contributed by atoms with Gasteiger partial charge in [-0.05, 0) is 19.1 Å². The van der Waals surface area contributed by atoms with Gasteiger partial charge in [0.1, 0.15) is 12.3 Å². The lowest BCUT2D eigenvalue weighted by atomic mass is 10.1. The van der Waals surface area contributed by atoms with Gasteiger partial charge in [0.15, 0.2) is 28.6 Å². The second-order valence-electron chi connectivity index (χ2n) is 7.88. The van der Waals surface area contributed by atoms with E-state index in [4.69, 9.17) is 14.0 Å². The summed E-state index contributed by atoms with van der Waals surface area (Å²) in [5.74, 6) is 2.11. The van der Waals surface area contributed by atoms with E-state index >= 15 is 0 Å². The van der Waals surface area contributed by atoms with Gasteiger partial charge in [-0.2, -0.15) is 0 Å². The van der Waals surface area contributed by atoms with Crippen LogP contribution in [0.15, 0.2) is 76.9 Å². The van der Waals surface area contributed by atoms with E-state index in [-0.39, 0.29) is 17.5 Å². The first-order valence-corrected chi connectivity index (χ1v) is 12.0. The van der Waals surface area contributed by atoms with Crippen LogP contribution in [0.1, 0.15) is 17.5 Å². The summed E-state index contributed by atoms with van der Waals surface area (Å²) in [5.41, 5.74) is 2.72. The number of amides is 1. The SMILES string of the molecule is C=CCn1c(SCC(=O)Nc2cc(-c3ccc(C)cc3)no2)nnc1C1COc2ccccc2O1. The van der Waals surface area contributed by atoms with E-state index in [1.165, 1.54) is 11.8 Å². The minimum absolute atomic E-state index is 0.112. The van der Waals surface area contributed by atoms with Crippen LogP contribution in [0.2, 0.25) is 0 Å². The van der Waals surface area contributed by atoms with Gasteiger partial charge in [0.25, 0.3) is 0 Å². The number of ether oxygens (including phenoxy) is 2. The normalized spacial score (nSPS) is 14.5. The molecule has 0 radical (unpaired) electrons. The van der Waals surface area contributed by atoms with Crippen molar-refractivity contribution in [1.82, 2.24) is 19.9 Å². The quantitative estimate of drug-likeness (QED) is 0.281. The molecular weight excluding hydrogens is 466 g/mol. The number of fused-ring (bicyclic) bond motifs is 1. The number of anilines is 1. The average molecular weight is 490 g/mol. The maximum absolute atomic E-state index is 12.5. The Kier molecular flexibility index (Phi) is 6.53. The summed E-state index contributed by atoms with van der Waals surface area (Å²) in [6.45, 7) is 6.62. The molecule has 10 heteroatoms. The molecule has 0 aliphatic carbocycles. The summed E-state index contributed by atoms with van der Waals surface area (Å²) < 4.78 is 19.0. The molecule has 35 heavy (non-hydrogen) atoms. The molecule has 0 bridgehead atoms. The molecule has 0 spiro atoms. The van der Waals surface area contributed by atoms with Gasteiger partial charge in [-0.3, -0.25) is 14.7 Å². The van der Waals surface area contributed by atoms with Crippen molar-refractivity contribution in [3.63, 3.8) is 0 Å². The summed E-state index contributed by atoms with van der Waals surface area (Å²) in [7, 11) is 0. The Labute approximate surface area is 206 Å². The van der Waals surface area contributed by atoms with Crippen molar-refractivity contribution < 1.29 is 18.8 Å². The van der Waals surface area contributed by atoms with Crippen LogP contribution < -0.4 is 14.8 Å². The second kappa shape index (κ2) is 10.1. The molecule has 1 aliphatic heterocycles. The molecule has 5 rings (SSSR count). The van der Waals surface area contributed by atoms with Crippen LogP contribution in [0.4, 0.5) is 5.88 Å². The summed E-state index contributed by atoms with van der Waals surface area (Å²) in [6.07, 6.45) is 1.32. The lowest BCUT2D eigenvalue weighted by Gasteiger charge is -2.26. The highest BCUT2D eigenvalue weighted by Gasteiger charge is 2.28. The number of nitrogens with one attached hydrogen (secondary N) is 1. The van der Waals surface area contributed by atoms with Crippen molar-refractivity contribution in [3.8, 4) is 22.8 Å². The molecule has 0 saturated carbocycles. The van der Waals surface area contributed by atoms with Crippen molar-refractivity contribution in [3.05, 3.63) is 78.6 Å². The van der Waals surface area contributed by atoms with E-state index in [1.54, 1.807) is 12.1 Å². The molecule has 3 heterocycles. The number of carbonyl (C=O) groups excluding carboxylic acids is 1. The monoisotopic (exact) mass is 489 g/mol. The molecule has 2 aromatic carbocycles. The van der Waals surface area contributed by atoms with Gasteiger partial charge in [0.2, 0.25) is 11.8 Å². The molecule has 1 aliphatic rings. The Morgan fingerprint density at radius 3 is 2.80 bits per heavy atom. The number of para-hydroxylation sites is 2. The minimum atomic E-state index is -0.421. The standard InChI is InChI=1S/C25H23N5O4S/c1-3-12-30-24(21-14-32-19-6-4-5-7-20(19)33-21)27-28-25(30)35-15-22(31)26-23-13-18(29-34-23)17-10-8-16(2)9-11-17/h3-11,13,21H,1,12,14-15H2,2H3,(H,26,31). The van der Waals surface area contributed by atoms with Gasteiger partial charge in [-0.25, -0.2) is 0 Å². The van der Waals surface area contributed by atoms with E-state index < -0.39 is 6.10 Å². The number of hydrogen-bond donors (Lipinski definition) is 1. The Hall–Kier alpha value is -4.05. The Bertz CT molecular complexity index is 1350. The highest BCUT2D eigenvalue weighted by molar-refractivity contribution is 7.99. The predicted octanol–water partition coefficient (Wildman–Crippen LogP) is 4.67. The van der Waals surface area contributed by atoms with E-state index in [0.29, 0.717) is 41.3 Å². The van der Waals surface area contributed by atoms with Crippen molar-refractivity contribution in [2.45, 2.75) is 24.7 Å². The third-order valence-electron chi connectivity index (χ3n) is 5.31. The molecule has 4 aromatic rings. The van der Waals surface area contributed by atoms with Crippen LogP contribution in [0.25, 0.3) is 11.3 Å². The van der Waals surface area contributed by atoms with E-state index in [2.05, 4.69) is 27.2 Å². The fourth-order valence-electron chi connectivity index (χ4n) is 3.59. The van der Waals surface area contributed by atoms with Gasteiger partial charge in [-0.15, -0.1) is 16.8 Å². The van der Waals surface area contributed by atoms with Crippen molar-refractivity contribution in [2.24, 2.45) is 0 Å². The molecule has 2 aromatic heterocycles. The minimum Gasteiger partial charge on any atom is -0.485 e. The van der Waals surface area contributed by atoms with Crippen LogP contribution in [0.5, 0.6) is 11.5 Å². The molecule has 9 nitrogen and oxygen atoms in total. The summed E-state index contributed by atoms with van der Waals surface area (Å²) in [6, 6.07) is 17.1. The predicted molar refractivity (Wildman–Crippen MR) is 132 cm³/mol.